The van der Waals surface area contributed by atoms with E-state index in [1.165, 1.54) is 6.42 Å². The molecule has 0 aromatic heterocycles. The van der Waals surface area contributed by atoms with Gasteiger partial charge in [-0.2, -0.15) is 0 Å². The first-order chi connectivity index (χ1) is 9.75. The number of alkyl halides is 1. The lowest BCUT2D eigenvalue weighted by atomic mass is 10.0. The van der Waals surface area contributed by atoms with Crippen molar-refractivity contribution in [1.82, 2.24) is 5.32 Å². The van der Waals surface area contributed by atoms with Crippen molar-refractivity contribution >= 4 is 28.3 Å². The molecule has 1 amide bonds. The number of nitrogens with one attached hydrogen (secondary N) is 1. The third-order valence-electron chi connectivity index (χ3n) is 4.13. The van der Waals surface area contributed by atoms with Crippen LogP contribution in [0.5, 0.6) is 0 Å². The smallest absolute Gasteiger partial charge is 0.251 e. The molecule has 2 aromatic carbocycles. The Balaban J connectivity index is 1.75. The highest BCUT2D eigenvalue weighted by atomic mass is 35.5. The number of halogens is 1. The van der Waals surface area contributed by atoms with Crippen molar-refractivity contribution in [3.05, 3.63) is 48.0 Å². The van der Waals surface area contributed by atoms with Gasteiger partial charge in [-0.05, 0) is 35.6 Å². The highest BCUT2D eigenvalue weighted by Crippen LogP contribution is 2.29. The van der Waals surface area contributed by atoms with Crippen LogP contribution in [0, 0.1) is 5.92 Å². The molecule has 0 spiro atoms. The Bertz CT molecular complexity index is 620. The van der Waals surface area contributed by atoms with Crippen molar-refractivity contribution in [2.24, 2.45) is 5.92 Å². The molecule has 0 saturated heterocycles. The Kier molecular flexibility index (Phi) is 3.93. The van der Waals surface area contributed by atoms with Gasteiger partial charge in [0.1, 0.15) is 0 Å². The zero-order chi connectivity index (χ0) is 13.9. The van der Waals surface area contributed by atoms with Gasteiger partial charge in [0, 0.05) is 17.5 Å². The van der Waals surface area contributed by atoms with Crippen LogP contribution in [0.3, 0.4) is 0 Å². The Morgan fingerprint density at radius 3 is 2.75 bits per heavy atom. The van der Waals surface area contributed by atoms with Crippen LogP contribution in [-0.2, 0) is 0 Å². The molecule has 0 aliphatic heterocycles. The highest BCUT2D eigenvalue weighted by Gasteiger charge is 2.25. The summed E-state index contributed by atoms with van der Waals surface area (Å²) in [7, 11) is 0. The van der Waals surface area contributed by atoms with Crippen LogP contribution in [0.1, 0.15) is 29.6 Å². The fourth-order valence-corrected chi connectivity index (χ4v) is 3.33. The molecule has 1 fully saturated rings. The topological polar surface area (TPSA) is 29.1 Å². The number of carbonyl (C=O) groups is 1. The molecule has 1 N–H and O–H groups in total. The molecule has 1 aliphatic carbocycles. The van der Waals surface area contributed by atoms with E-state index in [0.717, 1.165) is 29.2 Å². The summed E-state index contributed by atoms with van der Waals surface area (Å²) in [6.45, 7) is 0.677. The SMILES string of the molecule is O=C(NCC1CCCC1Cl)c1cccc2ccccc12. The van der Waals surface area contributed by atoms with Crippen molar-refractivity contribution in [3.8, 4) is 0 Å². The first kappa shape index (κ1) is 13.4. The molecule has 0 radical (unpaired) electrons. The van der Waals surface area contributed by atoms with Crippen LogP contribution in [0.25, 0.3) is 10.8 Å². The van der Waals surface area contributed by atoms with Gasteiger partial charge in [0.05, 0.1) is 0 Å². The molecule has 0 bridgehead atoms. The second-order valence-electron chi connectivity index (χ2n) is 5.44. The maximum atomic E-state index is 12.4. The second-order valence-corrected chi connectivity index (χ2v) is 6.00. The number of carbonyl (C=O) groups excluding carboxylic acids is 1. The molecule has 0 heterocycles. The number of hydrogen-bond donors (Lipinski definition) is 1. The van der Waals surface area contributed by atoms with Gasteiger partial charge in [-0.3, -0.25) is 4.79 Å². The minimum Gasteiger partial charge on any atom is -0.352 e. The Morgan fingerprint density at radius 2 is 1.95 bits per heavy atom. The minimum absolute atomic E-state index is 0.00225. The summed E-state index contributed by atoms with van der Waals surface area (Å²) in [6, 6.07) is 13.8. The quantitative estimate of drug-likeness (QED) is 0.850. The number of rotatable bonds is 3. The van der Waals surface area contributed by atoms with E-state index in [9.17, 15) is 4.79 Å². The second kappa shape index (κ2) is 5.84. The summed E-state index contributed by atoms with van der Waals surface area (Å²) in [4.78, 5) is 12.4. The molecular weight excluding hydrogens is 270 g/mol. The van der Waals surface area contributed by atoms with Crippen LogP contribution in [0.4, 0.5) is 0 Å². The normalized spacial score (nSPS) is 22.1. The van der Waals surface area contributed by atoms with Crippen LogP contribution < -0.4 is 5.32 Å². The largest absolute Gasteiger partial charge is 0.352 e. The Labute approximate surface area is 124 Å². The van der Waals surface area contributed by atoms with Crippen LogP contribution in [0.15, 0.2) is 42.5 Å². The standard InChI is InChI=1S/C17H18ClNO/c18-16-10-4-7-13(16)11-19-17(20)15-9-3-6-12-5-1-2-8-14(12)15/h1-3,5-6,8-9,13,16H,4,7,10-11H2,(H,19,20). The van der Waals surface area contributed by atoms with Gasteiger partial charge in [-0.25, -0.2) is 0 Å². The van der Waals surface area contributed by atoms with Gasteiger partial charge in [0.15, 0.2) is 0 Å². The van der Waals surface area contributed by atoms with E-state index in [-0.39, 0.29) is 11.3 Å². The lowest BCUT2D eigenvalue weighted by molar-refractivity contribution is 0.0949. The van der Waals surface area contributed by atoms with Crippen molar-refractivity contribution in [2.45, 2.75) is 24.6 Å². The summed E-state index contributed by atoms with van der Waals surface area (Å²) >= 11 is 6.25. The number of fused-ring (bicyclic) bond motifs is 1. The summed E-state index contributed by atoms with van der Waals surface area (Å²) in [5.41, 5.74) is 0.743. The zero-order valence-corrected chi connectivity index (χ0v) is 12.1. The van der Waals surface area contributed by atoms with Crippen molar-refractivity contribution in [2.75, 3.05) is 6.54 Å². The van der Waals surface area contributed by atoms with E-state index in [1.807, 2.05) is 42.5 Å². The summed E-state index contributed by atoms with van der Waals surface area (Å²) in [5, 5.41) is 5.35. The minimum atomic E-state index is -0.00225. The fraction of sp³-hybridized carbons (Fsp3) is 0.353. The monoisotopic (exact) mass is 287 g/mol. The average Bonchev–Trinajstić information content (AvgIpc) is 2.89. The molecule has 20 heavy (non-hydrogen) atoms. The summed E-state index contributed by atoms with van der Waals surface area (Å²) in [5.74, 6) is 0.410. The van der Waals surface area contributed by atoms with Gasteiger partial charge < -0.3 is 5.32 Å². The molecule has 3 rings (SSSR count). The van der Waals surface area contributed by atoms with E-state index >= 15 is 0 Å². The van der Waals surface area contributed by atoms with E-state index in [1.54, 1.807) is 0 Å². The van der Waals surface area contributed by atoms with Crippen molar-refractivity contribution in [1.29, 1.82) is 0 Å². The highest BCUT2D eigenvalue weighted by molar-refractivity contribution is 6.21. The maximum Gasteiger partial charge on any atom is 0.251 e. The van der Waals surface area contributed by atoms with Crippen molar-refractivity contribution < 1.29 is 4.79 Å². The van der Waals surface area contributed by atoms with Crippen LogP contribution in [0.2, 0.25) is 0 Å². The van der Waals surface area contributed by atoms with Gasteiger partial charge in [-0.15, -0.1) is 11.6 Å². The Morgan fingerprint density at radius 1 is 1.15 bits per heavy atom. The van der Waals surface area contributed by atoms with Gasteiger partial charge in [0.25, 0.3) is 5.91 Å². The lowest BCUT2D eigenvalue weighted by Gasteiger charge is -2.15. The van der Waals surface area contributed by atoms with Gasteiger partial charge >= 0.3 is 0 Å². The first-order valence-electron chi connectivity index (χ1n) is 7.16. The molecular formula is C17H18ClNO. The zero-order valence-electron chi connectivity index (χ0n) is 11.3. The third kappa shape index (κ3) is 2.66. The molecule has 2 nitrogen and oxygen atoms in total. The molecule has 2 aromatic rings. The maximum absolute atomic E-state index is 12.4. The number of benzene rings is 2. The van der Waals surface area contributed by atoms with E-state index in [2.05, 4.69) is 5.32 Å². The van der Waals surface area contributed by atoms with E-state index < -0.39 is 0 Å². The summed E-state index contributed by atoms with van der Waals surface area (Å²) in [6.07, 6.45) is 3.35. The molecule has 104 valence electrons. The number of amides is 1. The Hall–Kier alpha value is -1.54. The molecule has 2 atom stereocenters. The molecule has 2 unspecified atom stereocenters. The molecule has 1 aliphatic rings. The predicted octanol–water partition coefficient (Wildman–Crippen LogP) is 3.98. The number of hydrogen-bond acceptors (Lipinski definition) is 1. The van der Waals surface area contributed by atoms with Crippen LogP contribution >= 0.6 is 11.6 Å². The predicted molar refractivity (Wildman–Crippen MR) is 83.3 cm³/mol. The fourth-order valence-electron chi connectivity index (χ4n) is 2.96. The van der Waals surface area contributed by atoms with Gasteiger partial charge in [0.2, 0.25) is 0 Å². The van der Waals surface area contributed by atoms with E-state index in [4.69, 9.17) is 11.6 Å². The average molecular weight is 288 g/mol. The van der Waals surface area contributed by atoms with E-state index in [0.29, 0.717) is 12.5 Å². The third-order valence-corrected chi connectivity index (χ3v) is 4.70. The molecule has 3 heteroatoms. The first-order valence-corrected chi connectivity index (χ1v) is 7.59. The van der Waals surface area contributed by atoms with Crippen LogP contribution in [-0.4, -0.2) is 17.8 Å². The lowest BCUT2D eigenvalue weighted by Crippen LogP contribution is -2.31. The summed E-state index contributed by atoms with van der Waals surface area (Å²) < 4.78 is 0. The van der Waals surface area contributed by atoms with Crippen molar-refractivity contribution in [3.63, 3.8) is 0 Å². The van der Waals surface area contributed by atoms with Gasteiger partial charge in [-0.1, -0.05) is 42.8 Å². The molecule has 1 saturated carbocycles.